The van der Waals surface area contributed by atoms with Crippen molar-refractivity contribution in [2.75, 3.05) is 93.5 Å². The number of hydrazone groups is 2. The van der Waals surface area contributed by atoms with Gasteiger partial charge in [0.25, 0.3) is 0 Å². The van der Waals surface area contributed by atoms with Gasteiger partial charge < -0.3 is 31.7 Å². The smallest absolute Gasteiger partial charge is 0.497 e. The molecule has 7 aromatic carbocycles. The molecule has 12 aromatic rings. The van der Waals surface area contributed by atoms with Gasteiger partial charge in [-0.05, 0) is 163 Å². The van der Waals surface area contributed by atoms with E-state index in [-0.39, 0.29) is 44.6 Å². The Kier molecular flexibility index (Phi) is 42.3. The number of quaternary nitrogens is 1. The van der Waals surface area contributed by atoms with Crippen LogP contribution in [0.5, 0.6) is 5.75 Å². The number of nitrogens with zero attached hydrogens (tertiary/aromatic N) is 22. The number of azo groups is 4. The van der Waals surface area contributed by atoms with E-state index in [1.54, 1.807) is 7.11 Å². The summed E-state index contributed by atoms with van der Waals surface area (Å²) in [5.74, 6) is 4.12. The summed E-state index contributed by atoms with van der Waals surface area (Å²) in [6, 6.07) is 64.4. The standard InChI is InChI=1S/C17H18N6.C15H18N3O.C14H16N3.C13H18N5.C12H15N5.C11H13N5.6CH4/c1-22-11-12-23(2)17(22)21-20-16-9-7-15(8-10-16)19-14-5-3-13(18)4-6-14;1-17-10-8-13(9-11-17)12-16-18(2)14-4-6-15(19-3)7-5-14;1-16-10-8-13(9-11-16)12-15-17(2)14-6-4-3-5-7-14;1-16(2)12-7-5-11(6-8-12)14-15-13-17(3)9-10-18(13)4;1-13-10-4-6-11(7-5-10)14-15-12-16(2)8-9-17(12)3;1-15-7-8-16(2)11(15)14-13-10-5-3-9(12)4-6-10;;;;;;/h3-12H,1-2H3,(H2,18,20);4-12H,1-3H3;3-12H,1-2H3;5-10H,1-4H3;4-9H,1-3H3;3-8,12H,1-2H3;6*1H4/q;3*+1;;;;;;;;/p+4. The fourth-order valence-corrected chi connectivity index (χ4v) is 9.85. The first-order valence-corrected chi connectivity index (χ1v) is 35.1. The summed E-state index contributed by atoms with van der Waals surface area (Å²) in [4.78, 5) is 3.17. The minimum Gasteiger partial charge on any atom is -0.497 e. The molecular formula is C88H126N27O+7. The van der Waals surface area contributed by atoms with E-state index < -0.39 is 0 Å². The van der Waals surface area contributed by atoms with Crippen molar-refractivity contribution in [3.05, 3.63) is 286 Å². The van der Waals surface area contributed by atoms with Gasteiger partial charge in [0.2, 0.25) is 0 Å². The second kappa shape index (κ2) is 50.1. The molecule has 1 aliphatic rings. The van der Waals surface area contributed by atoms with Crippen molar-refractivity contribution in [2.24, 2.45) is 107 Å². The lowest BCUT2D eigenvalue weighted by Gasteiger charge is -2.12. The van der Waals surface area contributed by atoms with Crippen LogP contribution in [0, 0.1) is 0 Å². The van der Waals surface area contributed by atoms with E-state index >= 15 is 0 Å². The van der Waals surface area contributed by atoms with E-state index in [2.05, 4.69) is 66.7 Å². The SMILES string of the molecule is C.C.C.C.C.C.CN(C)c1ccc(N=Nc2n(C)cc[n+]2C)cc1.CN(N=Cc1cc[n+](C)cc1)c1ccccc1.CNc1ccc(N=Nc2n(C)cc[n+]2C)cc1.COc1ccc(N(C)N=Cc2cc[n+](C)cc2)cc1.C[N+]1=C(N=Nc2ccc(N)cc2)[NH+](C)C=C1.Cn1cc[n+](C)c1N=Nc1ccc(Nc2ccc(N)cc2)cc1. The van der Waals surface area contributed by atoms with Crippen LogP contribution < -0.4 is 69.5 Å². The van der Waals surface area contributed by atoms with Crippen molar-refractivity contribution in [2.45, 2.75) is 44.6 Å². The second-order valence-corrected chi connectivity index (χ2v) is 25.5. The number of ether oxygens (including phenoxy) is 1. The molecule has 0 saturated carbocycles. The number of guanidine groups is 1. The third-order valence-corrected chi connectivity index (χ3v) is 16.5. The third-order valence-electron chi connectivity index (χ3n) is 16.5. The summed E-state index contributed by atoms with van der Waals surface area (Å²) in [6.07, 6.45) is 27.3. The van der Waals surface area contributed by atoms with Crippen molar-refractivity contribution in [1.82, 2.24) is 13.7 Å². The van der Waals surface area contributed by atoms with Crippen LogP contribution in [0.2, 0.25) is 0 Å². The van der Waals surface area contributed by atoms with Gasteiger partial charge in [-0.1, -0.05) is 78.1 Å². The minimum absolute atomic E-state index is 0. The van der Waals surface area contributed by atoms with E-state index in [9.17, 15) is 0 Å². The zero-order valence-electron chi connectivity index (χ0n) is 65.5. The molecule has 1 aliphatic heterocycles. The maximum Gasteiger partial charge on any atom is 0.524 e. The Hall–Kier alpha value is -14.0. The van der Waals surface area contributed by atoms with Gasteiger partial charge in [0.15, 0.2) is 24.8 Å². The fourth-order valence-electron chi connectivity index (χ4n) is 9.85. The highest BCUT2D eigenvalue weighted by Crippen LogP contribution is 2.25. The van der Waals surface area contributed by atoms with Crippen LogP contribution in [0.1, 0.15) is 55.7 Å². The van der Waals surface area contributed by atoms with Gasteiger partial charge in [0.05, 0.1) is 124 Å². The van der Waals surface area contributed by atoms with Crippen molar-refractivity contribution >= 4 is 104 Å². The van der Waals surface area contributed by atoms with Gasteiger partial charge in [-0.25, -0.2) is 36.5 Å². The zero-order valence-corrected chi connectivity index (χ0v) is 65.5. The number of benzene rings is 7. The first-order valence-electron chi connectivity index (χ1n) is 35.1. The first-order chi connectivity index (χ1) is 53.0. The van der Waals surface area contributed by atoms with Gasteiger partial charge in [-0.2, -0.15) is 19.7 Å². The molecule has 13 rings (SSSR count). The van der Waals surface area contributed by atoms with E-state index in [4.69, 9.17) is 16.2 Å². The van der Waals surface area contributed by atoms with Crippen molar-refractivity contribution < 1.29 is 37.0 Å². The number of imidazole rings is 3. The molecule has 0 spiro atoms. The van der Waals surface area contributed by atoms with Crippen LogP contribution >= 0.6 is 0 Å². The number of hydrogen-bond acceptors (Lipinski definition) is 18. The molecule has 612 valence electrons. The molecule has 0 bridgehead atoms. The van der Waals surface area contributed by atoms with E-state index in [1.807, 2.05) is 444 Å². The van der Waals surface area contributed by atoms with Gasteiger partial charge >= 0.3 is 23.8 Å². The molecular weight excluding hydrogens is 1450 g/mol. The summed E-state index contributed by atoms with van der Waals surface area (Å²) in [5, 5.41) is 52.7. The van der Waals surface area contributed by atoms with E-state index in [0.717, 1.165) is 114 Å². The van der Waals surface area contributed by atoms with Crippen LogP contribution in [0.15, 0.2) is 326 Å². The van der Waals surface area contributed by atoms with Crippen LogP contribution in [0.25, 0.3) is 0 Å². The number of aryl methyl sites for hydroxylation is 8. The van der Waals surface area contributed by atoms with Crippen LogP contribution in [0.4, 0.5) is 86.1 Å². The van der Waals surface area contributed by atoms with Gasteiger partial charge in [0, 0.05) is 120 Å². The Morgan fingerprint density at radius 2 is 0.741 bits per heavy atom. The molecule has 116 heavy (non-hydrogen) atoms. The maximum absolute atomic E-state index is 5.68. The van der Waals surface area contributed by atoms with E-state index in [0.29, 0.717) is 0 Å². The largest absolute Gasteiger partial charge is 0.524 e. The monoisotopic (exact) mass is 1580 g/mol. The number of aromatic nitrogens is 8. The van der Waals surface area contributed by atoms with Crippen molar-refractivity contribution in [1.29, 1.82) is 0 Å². The molecule has 7 N–H and O–H groups in total. The summed E-state index contributed by atoms with van der Waals surface area (Å²) in [7, 11) is 31.0. The predicted octanol–water partition coefficient (Wildman–Crippen LogP) is 16.4. The Morgan fingerprint density at radius 3 is 1.09 bits per heavy atom. The number of pyridine rings is 2. The lowest BCUT2D eigenvalue weighted by atomic mass is 10.2. The molecule has 0 amide bonds. The fraction of sp³-hybridized carbons (Fsp3) is 0.250. The molecule has 1 unspecified atom stereocenters. The number of hydrogen-bond donors (Lipinski definition) is 5. The van der Waals surface area contributed by atoms with Crippen LogP contribution in [-0.2, 0) is 56.4 Å². The molecule has 5 aromatic heterocycles. The third kappa shape index (κ3) is 31.6. The predicted molar refractivity (Wildman–Crippen MR) is 479 cm³/mol. The highest BCUT2D eigenvalue weighted by molar-refractivity contribution is 5.80. The lowest BCUT2D eigenvalue weighted by molar-refractivity contribution is -0.735. The second-order valence-electron chi connectivity index (χ2n) is 25.5. The Bertz CT molecular complexity index is 4990. The molecule has 0 aliphatic carbocycles. The molecule has 1 atom stereocenters. The Labute approximate surface area is 688 Å². The summed E-state index contributed by atoms with van der Waals surface area (Å²) in [6.45, 7) is 0. The molecule has 0 fully saturated rings. The number of nitrogen functional groups attached to an aromatic ring is 2. The highest BCUT2D eigenvalue weighted by atomic mass is 16.5. The number of rotatable bonds is 18. The molecule has 0 saturated heterocycles. The number of nitrogens with two attached hydrogens (primary N) is 2. The highest BCUT2D eigenvalue weighted by Gasteiger charge is 2.26. The lowest BCUT2D eigenvalue weighted by Crippen LogP contribution is -3.06. The first kappa shape index (κ1) is 98.1. The van der Waals surface area contributed by atoms with Crippen molar-refractivity contribution in [3.63, 3.8) is 0 Å². The van der Waals surface area contributed by atoms with Crippen molar-refractivity contribution in [3.8, 4) is 5.75 Å². The number of nitrogens with one attached hydrogen (secondary N) is 3. The zero-order chi connectivity index (χ0) is 78.9. The van der Waals surface area contributed by atoms with Crippen LogP contribution in [-0.4, -0.2) is 93.1 Å². The number of anilines is 8. The molecule has 6 heterocycles. The van der Waals surface area contributed by atoms with Gasteiger partial charge in [-0.3, -0.25) is 10.0 Å². The maximum atomic E-state index is 5.68. The van der Waals surface area contributed by atoms with E-state index in [1.165, 1.54) is 0 Å². The summed E-state index contributed by atoms with van der Waals surface area (Å²) in [5.41, 5.74) is 24.5. The quantitative estimate of drug-likeness (QED) is 0.0181. The summed E-state index contributed by atoms with van der Waals surface area (Å²) >= 11 is 0. The topological polar surface area (TPSA) is 260 Å². The molecule has 28 heteroatoms. The average molecular weight is 1580 g/mol. The Balaban J connectivity index is 0.000000469. The normalized spacial score (nSPS) is 11.6. The van der Waals surface area contributed by atoms with Crippen LogP contribution in [0.3, 0.4) is 0 Å². The molecule has 28 nitrogen and oxygen atoms in total. The Morgan fingerprint density at radius 1 is 0.405 bits per heavy atom. The van der Waals surface area contributed by atoms with Gasteiger partial charge in [-0.15, -0.1) is 0 Å². The number of methoxy groups -OCH3 is 1. The van der Waals surface area contributed by atoms with Gasteiger partial charge in [0.1, 0.15) is 60.1 Å². The summed E-state index contributed by atoms with van der Waals surface area (Å²) < 4.78 is 22.6. The molecule has 0 radical (unpaired) electrons. The average Bonchev–Trinajstić information content (AvgIpc) is 1.44. The minimum atomic E-state index is 0. The number of para-hydroxylation sites is 1.